The van der Waals surface area contributed by atoms with Crippen molar-refractivity contribution in [3.63, 3.8) is 0 Å². The molecule has 0 aromatic carbocycles. The van der Waals surface area contributed by atoms with Gasteiger partial charge >= 0.3 is 0 Å². The average molecular weight is 286 g/mol. The predicted molar refractivity (Wildman–Crippen MR) is 70.6 cm³/mol. The van der Waals surface area contributed by atoms with Crippen molar-refractivity contribution in [2.75, 3.05) is 0 Å². The molecule has 1 heterocycles. The van der Waals surface area contributed by atoms with Crippen molar-refractivity contribution >= 4 is 10.0 Å². The maximum atomic E-state index is 13.5. The third-order valence-electron chi connectivity index (χ3n) is 3.72. The molecule has 0 bridgehead atoms. The zero-order valence-electron chi connectivity index (χ0n) is 11.0. The Bertz CT molecular complexity index is 533. The quantitative estimate of drug-likeness (QED) is 0.925. The van der Waals surface area contributed by atoms with Gasteiger partial charge in [0.05, 0.1) is 0 Å². The second kappa shape index (κ2) is 5.96. The highest BCUT2D eigenvalue weighted by Gasteiger charge is 2.30. The average Bonchev–Trinajstić information content (AvgIpc) is 2.39. The van der Waals surface area contributed by atoms with Gasteiger partial charge in [0.2, 0.25) is 5.03 Å². The van der Waals surface area contributed by atoms with Crippen LogP contribution in [0.2, 0.25) is 0 Å². The molecule has 1 N–H and O–H groups in total. The number of rotatable bonds is 4. The van der Waals surface area contributed by atoms with E-state index in [1.165, 1.54) is 12.3 Å². The van der Waals surface area contributed by atoms with Crippen LogP contribution in [0.25, 0.3) is 0 Å². The molecule has 1 saturated carbocycles. The molecule has 0 aliphatic heterocycles. The van der Waals surface area contributed by atoms with E-state index < -0.39 is 20.9 Å². The Labute approximate surface area is 113 Å². The summed E-state index contributed by atoms with van der Waals surface area (Å²) in [6, 6.07) is 2.38. The van der Waals surface area contributed by atoms with Crippen molar-refractivity contribution in [2.45, 2.75) is 50.1 Å². The van der Waals surface area contributed by atoms with E-state index in [4.69, 9.17) is 0 Å². The van der Waals surface area contributed by atoms with Crippen LogP contribution in [0.3, 0.4) is 0 Å². The lowest BCUT2D eigenvalue weighted by molar-refractivity contribution is 0.282. The van der Waals surface area contributed by atoms with Gasteiger partial charge in [-0.25, -0.2) is 22.5 Å². The molecule has 2 atom stereocenters. The molecule has 0 radical (unpaired) electrons. The van der Waals surface area contributed by atoms with E-state index in [1.807, 2.05) is 0 Å². The van der Waals surface area contributed by atoms with E-state index in [2.05, 4.69) is 16.6 Å². The first-order valence-corrected chi connectivity index (χ1v) is 8.15. The van der Waals surface area contributed by atoms with Crippen molar-refractivity contribution in [3.8, 4) is 0 Å². The summed E-state index contributed by atoms with van der Waals surface area (Å²) in [5.41, 5.74) is 0. The zero-order chi connectivity index (χ0) is 13.9. The van der Waals surface area contributed by atoms with Crippen LogP contribution in [0.15, 0.2) is 23.4 Å². The number of aromatic nitrogens is 1. The lowest BCUT2D eigenvalue weighted by atomic mass is 9.83. The molecule has 1 aliphatic rings. The Morgan fingerprint density at radius 2 is 2.16 bits per heavy atom. The fraction of sp³-hybridized carbons (Fsp3) is 0.615. The van der Waals surface area contributed by atoms with Gasteiger partial charge in [-0.3, -0.25) is 0 Å². The van der Waals surface area contributed by atoms with Crippen molar-refractivity contribution in [1.29, 1.82) is 0 Å². The van der Waals surface area contributed by atoms with Crippen LogP contribution in [-0.4, -0.2) is 19.4 Å². The van der Waals surface area contributed by atoms with Crippen LogP contribution in [-0.2, 0) is 10.0 Å². The molecule has 19 heavy (non-hydrogen) atoms. The lowest BCUT2D eigenvalue weighted by Crippen LogP contribution is -2.42. The number of hydrogen-bond donors (Lipinski definition) is 1. The molecule has 0 saturated heterocycles. The highest BCUT2D eigenvalue weighted by molar-refractivity contribution is 7.89. The first kappa shape index (κ1) is 14.4. The molecule has 1 fully saturated rings. The van der Waals surface area contributed by atoms with Gasteiger partial charge in [-0.05, 0) is 30.9 Å². The molecule has 2 rings (SSSR count). The fourth-order valence-corrected chi connectivity index (χ4v) is 4.02. The Hall–Kier alpha value is -1.01. The molecule has 1 aromatic heterocycles. The number of nitrogens with zero attached hydrogens (tertiary/aromatic N) is 1. The van der Waals surface area contributed by atoms with Crippen molar-refractivity contribution in [2.24, 2.45) is 5.92 Å². The molecule has 2 unspecified atom stereocenters. The van der Waals surface area contributed by atoms with Gasteiger partial charge in [0.15, 0.2) is 5.82 Å². The lowest BCUT2D eigenvalue weighted by Gasteiger charge is -2.31. The number of sulfonamides is 1. The Morgan fingerprint density at radius 3 is 2.84 bits per heavy atom. The van der Waals surface area contributed by atoms with Crippen molar-refractivity contribution in [1.82, 2.24) is 9.71 Å². The second-order valence-corrected chi connectivity index (χ2v) is 6.60. The van der Waals surface area contributed by atoms with E-state index in [0.717, 1.165) is 38.2 Å². The van der Waals surface area contributed by atoms with Crippen LogP contribution in [0.1, 0.15) is 39.0 Å². The van der Waals surface area contributed by atoms with E-state index in [0.29, 0.717) is 5.92 Å². The summed E-state index contributed by atoms with van der Waals surface area (Å²) in [4.78, 5) is 3.64. The van der Waals surface area contributed by atoms with E-state index in [-0.39, 0.29) is 6.04 Å². The van der Waals surface area contributed by atoms with E-state index in [9.17, 15) is 12.8 Å². The minimum Gasteiger partial charge on any atom is -0.241 e. The second-order valence-electron chi connectivity index (χ2n) is 4.97. The Kier molecular flexibility index (Phi) is 4.52. The third-order valence-corrected chi connectivity index (χ3v) is 5.14. The summed E-state index contributed by atoms with van der Waals surface area (Å²) in [7, 11) is -3.87. The molecule has 1 aliphatic carbocycles. The van der Waals surface area contributed by atoms with Gasteiger partial charge in [-0.2, -0.15) is 0 Å². The minimum atomic E-state index is -3.87. The van der Waals surface area contributed by atoms with Gasteiger partial charge in [-0.1, -0.05) is 26.2 Å². The first-order chi connectivity index (χ1) is 9.04. The highest BCUT2D eigenvalue weighted by Crippen LogP contribution is 2.28. The predicted octanol–water partition coefficient (Wildman–Crippen LogP) is 2.47. The van der Waals surface area contributed by atoms with Gasteiger partial charge in [0.1, 0.15) is 0 Å². The fourth-order valence-electron chi connectivity index (χ4n) is 2.68. The molecule has 0 spiro atoms. The molecule has 1 aromatic rings. The Balaban J connectivity index is 2.19. The molecule has 4 nitrogen and oxygen atoms in total. The summed E-state index contributed by atoms with van der Waals surface area (Å²) in [5, 5.41) is -0.504. The topological polar surface area (TPSA) is 59.1 Å². The first-order valence-electron chi connectivity index (χ1n) is 6.67. The minimum absolute atomic E-state index is 0.106. The van der Waals surface area contributed by atoms with E-state index in [1.54, 1.807) is 0 Å². The monoisotopic (exact) mass is 286 g/mol. The molecular formula is C13H19FN2O2S. The number of nitrogens with one attached hydrogen (secondary N) is 1. The maximum Gasteiger partial charge on any atom is 0.261 e. The molecular weight excluding hydrogens is 267 g/mol. The summed E-state index contributed by atoms with van der Waals surface area (Å²) < 4.78 is 40.5. The normalized spacial score (nSPS) is 24.3. The van der Waals surface area contributed by atoms with Crippen LogP contribution < -0.4 is 4.72 Å². The molecule has 106 valence electrons. The Morgan fingerprint density at radius 1 is 1.42 bits per heavy atom. The summed E-state index contributed by atoms with van der Waals surface area (Å²) in [6.07, 6.45) is 6.19. The summed E-state index contributed by atoms with van der Waals surface area (Å²) in [6.45, 7) is 2.05. The third kappa shape index (κ3) is 3.30. The van der Waals surface area contributed by atoms with Gasteiger partial charge in [-0.15, -0.1) is 0 Å². The van der Waals surface area contributed by atoms with Crippen LogP contribution in [0.4, 0.5) is 4.39 Å². The van der Waals surface area contributed by atoms with Crippen molar-refractivity contribution in [3.05, 3.63) is 24.1 Å². The number of pyridine rings is 1. The van der Waals surface area contributed by atoms with Crippen molar-refractivity contribution < 1.29 is 12.8 Å². The summed E-state index contributed by atoms with van der Waals surface area (Å²) in [5.74, 6) is -0.478. The number of halogens is 1. The largest absolute Gasteiger partial charge is 0.261 e. The molecule has 0 amide bonds. The van der Waals surface area contributed by atoms with Crippen LogP contribution >= 0.6 is 0 Å². The van der Waals surface area contributed by atoms with E-state index >= 15 is 0 Å². The maximum absolute atomic E-state index is 13.5. The summed E-state index contributed by atoms with van der Waals surface area (Å²) >= 11 is 0. The zero-order valence-corrected chi connectivity index (χ0v) is 11.8. The van der Waals surface area contributed by atoms with Gasteiger partial charge < -0.3 is 0 Å². The number of hydrogen-bond acceptors (Lipinski definition) is 3. The standard InChI is InChI=1S/C13H19FN2O2S/c1-2-10-6-3-4-8-12(10)16-19(17,18)13-11(14)7-5-9-15-13/h5,7,9-10,12,16H,2-4,6,8H2,1H3. The van der Waals surface area contributed by atoms with Gasteiger partial charge in [0, 0.05) is 12.2 Å². The smallest absolute Gasteiger partial charge is 0.241 e. The van der Waals surface area contributed by atoms with Crippen LogP contribution in [0, 0.1) is 11.7 Å². The molecule has 6 heteroatoms. The SMILES string of the molecule is CCC1CCCCC1NS(=O)(=O)c1ncccc1F. The highest BCUT2D eigenvalue weighted by atomic mass is 32.2. The van der Waals surface area contributed by atoms with Gasteiger partial charge in [0.25, 0.3) is 10.0 Å². The van der Waals surface area contributed by atoms with Crippen LogP contribution in [0.5, 0.6) is 0 Å².